The second-order valence-electron chi connectivity index (χ2n) is 4.67. The van der Waals surface area contributed by atoms with Crippen LogP contribution in [0.25, 0.3) is 0 Å². The largest absolute Gasteiger partial charge is 0.477 e. The van der Waals surface area contributed by atoms with Gasteiger partial charge < -0.3 is 10.4 Å². The van der Waals surface area contributed by atoms with Crippen LogP contribution in [0, 0.1) is 20.8 Å². The first-order valence-electron chi connectivity index (χ1n) is 6.11. The first-order chi connectivity index (χ1) is 8.97. The second-order valence-corrected chi connectivity index (χ2v) is 5.93. The van der Waals surface area contributed by atoms with Gasteiger partial charge in [0.25, 0.3) is 0 Å². The Morgan fingerprint density at radius 1 is 1.26 bits per heavy atom. The van der Waals surface area contributed by atoms with Gasteiger partial charge in [0.05, 0.1) is 0 Å². The van der Waals surface area contributed by atoms with Gasteiger partial charge in [0.1, 0.15) is 4.88 Å². The number of aryl methyl sites for hydroxylation is 3. The van der Waals surface area contributed by atoms with Crippen molar-refractivity contribution in [2.75, 3.05) is 5.32 Å². The summed E-state index contributed by atoms with van der Waals surface area (Å²) in [6.45, 7) is 6.73. The van der Waals surface area contributed by atoms with Gasteiger partial charge in [-0.15, -0.1) is 11.3 Å². The Balaban J connectivity index is 2.14. The van der Waals surface area contributed by atoms with E-state index in [9.17, 15) is 4.79 Å². The van der Waals surface area contributed by atoms with E-state index in [4.69, 9.17) is 5.11 Å². The van der Waals surface area contributed by atoms with Gasteiger partial charge in [-0.05, 0) is 49.6 Å². The molecule has 0 spiro atoms. The summed E-state index contributed by atoms with van der Waals surface area (Å²) >= 11 is 1.33. The molecule has 0 saturated heterocycles. The predicted molar refractivity (Wildman–Crippen MR) is 79.3 cm³/mol. The smallest absolute Gasteiger partial charge is 0.345 e. The van der Waals surface area contributed by atoms with Crippen molar-refractivity contribution < 1.29 is 9.90 Å². The number of benzene rings is 1. The van der Waals surface area contributed by atoms with Crippen molar-refractivity contribution in [1.29, 1.82) is 0 Å². The SMILES string of the molecule is Cc1ccc(C)c(NCc2cc(C(=O)O)sc2C)c1. The standard InChI is InChI=1S/C15H17NO2S/c1-9-4-5-10(2)13(6-9)16-8-12-7-14(15(17)18)19-11(12)3/h4-7,16H,8H2,1-3H3,(H,17,18). The van der Waals surface area contributed by atoms with E-state index in [2.05, 4.69) is 37.4 Å². The molecule has 2 rings (SSSR count). The van der Waals surface area contributed by atoms with Crippen molar-refractivity contribution in [2.45, 2.75) is 27.3 Å². The van der Waals surface area contributed by atoms with E-state index in [1.807, 2.05) is 6.92 Å². The highest BCUT2D eigenvalue weighted by molar-refractivity contribution is 7.14. The molecule has 0 bridgehead atoms. The monoisotopic (exact) mass is 275 g/mol. The molecule has 100 valence electrons. The Kier molecular flexibility index (Phi) is 3.90. The van der Waals surface area contributed by atoms with Gasteiger partial charge in [-0.1, -0.05) is 12.1 Å². The molecule has 1 aromatic carbocycles. The molecule has 2 aromatic rings. The minimum atomic E-state index is -0.855. The molecule has 0 amide bonds. The molecule has 2 N–H and O–H groups in total. The van der Waals surface area contributed by atoms with Crippen LogP contribution in [-0.2, 0) is 6.54 Å². The number of nitrogens with one attached hydrogen (secondary N) is 1. The molecular weight excluding hydrogens is 258 g/mol. The molecule has 1 heterocycles. The van der Waals surface area contributed by atoms with E-state index in [-0.39, 0.29) is 0 Å². The van der Waals surface area contributed by atoms with Gasteiger partial charge >= 0.3 is 5.97 Å². The summed E-state index contributed by atoms with van der Waals surface area (Å²) in [4.78, 5) is 12.4. The molecule has 4 heteroatoms. The highest BCUT2D eigenvalue weighted by atomic mass is 32.1. The second kappa shape index (κ2) is 5.45. The highest BCUT2D eigenvalue weighted by Crippen LogP contribution is 2.23. The van der Waals surface area contributed by atoms with Crippen molar-refractivity contribution in [3.8, 4) is 0 Å². The minimum absolute atomic E-state index is 0.398. The zero-order valence-corrected chi connectivity index (χ0v) is 12.1. The maximum atomic E-state index is 10.9. The normalized spacial score (nSPS) is 10.5. The number of hydrogen-bond acceptors (Lipinski definition) is 3. The molecule has 0 unspecified atom stereocenters. The predicted octanol–water partition coefficient (Wildman–Crippen LogP) is 3.98. The molecule has 0 radical (unpaired) electrons. The Labute approximate surface area is 116 Å². The van der Waals surface area contributed by atoms with Crippen LogP contribution in [0.3, 0.4) is 0 Å². The zero-order valence-electron chi connectivity index (χ0n) is 11.3. The van der Waals surface area contributed by atoms with Crippen LogP contribution in [0.1, 0.15) is 31.2 Å². The molecule has 1 aromatic heterocycles. The van der Waals surface area contributed by atoms with Crippen molar-refractivity contribution in [3.05, 3.63) is 50.7 Å². The van der Waals surface area contributed by atoms with Crippen LogP contribution in [-0.4, -0.2) is 11.1 Å². The quantitative estimate of drug-likeness (QED) is 0.887. The number of carboxylic acids is 1. The molecule has 0 fully saturated rings. The van der Waals surface area contributed by atoms with Crippen LogP contribution in [0.4, 0.5) is 5.69 Å². The van der Waals surface area contributed by atoms with E-state index < -0.39 is 5.97 Å². The summed E-state index contributed by atoms with van der Waals surface area (Å²) in [5.74, 6) is -0.855. The maximum Gasteiger partial charge on any atom is 0.345 e. The fourth-order valence-electron chi connectivity index (χ4n) is 1.92. The minimum Gasteiger partial charge on any atom is -0.477 e. The molecule has 3 nitrogen and oxygen atoms in total. The zero-order chi connectivity index (χ0) is 14.0. The molecule has 0 aliphatic rings. The lowest BCUT2D eigenvalue weighted by atomic mass is 10.1. The van der Waals surface area contributed by atoms with Crippen molar-refractivity contribution in [3.63, 3.8) is 0 Å². The molecule has 19 heavy (non-hydrogen) atoms. The van der Waals surface area contributed by atoms with E-state index in [1.165, 1.54) is 22.5 Å². The Hall–Kier alpha value is -1.81. The first kappa shape index (κ1) is 13.6. The Morgan fingerprint density at radius 2 is 2.00 bits per heavy atom. The molecule has 0 aliphatic heterocycles. The van der Waals surface area contributed by atoms with E-state index >= 15 is 0 Å². The van der Waals surface area contributed by atoms with Crippen LogP contribution in [0.5, 0.6) is 0 Å². The van der Waals surface area contributed by atoms with Crippen molar-refractivity contribution in [2.24, 2.45) is 0 Å². The molecule has 0 saturated carbocycles. The van der Waals surface area contributed by atoms with E-state index in [1.54, 1.807) is 6.07 Å². The molecular formula is C15H17NO2S. The number of anilines is 1. The van der Waals surface area contributed by atoms with Gasteiger partial charge in [0, 0.05) is 17.1 Å². The van der Waals surface area contributed by atoms with Crippen LogP contribution in [0.15, 0.2) is 24.3 Å². The fourth-order valence-corrected chi connectivity index (χ4v) is 2.80. The lowest BCUT2D eigenvalue weighted by Gasteiger charge is -2.10. The summed E-state index contributed by atoms with van der Waals surface area (Å²) in [5.41, 5.74) is 4.55. The van der Waals surface area contributed by atoms with Crippen LogP contribution < -0.4 is 5.32 Å². The van der Waals surface area contributed by atoms with Crippen LogP contribution in [0.2, 0.25) is 0 Å². The number of aromatic carboxylic acids is 1. The van der Waals surface area contributed by atoms with Gasteiger partial charge in [0.15, 0.2) is 0 Å². The van der Waals surface area contributed by atoms with Gasteiger partial charge in [0.2, 0.25) is 0 Å². The number of hydrogen-bond donors (Lipinski definition) is 2. The highest BCUT2D eigenvalue weighted by Gasteiger charge is 2.11. The van der Waals surface area contributed by atoms with Crippen molar-refractivity contribution in [1.82, 2.24) is 0 Å². The molecule has 0 aliphatic carbocycles. The Bertz CT molecular complexity index is 617. The van der Waals surface area contributed by atoms with Crippen LogP contribution >= 0.6 is 11.3 Å². The lowest BCUT2D eigenvalue weighted by Crippen LogP contribution is -2.01. The van der Waals surface area contributed by atoms with Crippen molar-refractivity contribution >= 4 is 23.0 Å². The van der Waals surface area contributed by atoms with Gasteiger partial charge in [-0.2, -0.15) is 0 Å². The van der Waals surface area contributed by atoms with Gasteiger partial charge in [-0.25, -0.2) is 4.79 Å². The fraction of sp³-hybridized carbons (Fsp3) is 0.267. The lowest BCUT2D eigenvalue weighted by molar-refractivity contribution is 0.0702. The number of thiophene rings is 1. The van der Waals surface area contributed by atoms with E-state index in [0.29, 0.717) is 11.4 Å². The third-order valence-corrected chi connectivity index (χ3v) is 4.17. The third-order valence-electron chi connectivity index (χ3n) is 3.09. The van der Waals surface area contributed by atoms with Gasteiger partial charge in [-0.3, -0.25) is 0 Å². The average molecular weight is 275 g/mol. The summed E-state index contributed by atoms with van der Waals surface area (Å²) in [5, 5.41) is 12.4. The van der Waals surface area contributed by atoms with E-state index in [0.717, 1.165) is 16.1 Å². The Morgan fingerprint density at radius 3 is 2.63 bits per heavy atom. The average Bonchev–Trinajstić information content (AvgIpc) is 2.72. The summed E-state index contributed by atoms with van der Waals surface area (Å²) in [7, 11) is 0. The number of carboxylic acid groups (broad SMARTS) is 1. The summed E-state index contributed by atoms with van der Waals surface area (Å²) < 4.78 is 0. The first-order valence-corrected chi connectivity index (χ1v) is 6.92. The summed E-state index contributed by atoms with van der Waals surface area (Å²) in [6.07, 6.45) is 0. The molecule has 0 atom stereocenters. The third kappa shape index (κ3) is 3.15. The maximum absolute atomic E-state index is 10.9. The number of carbonyl (C=O) groups is 1. The number of rotatable bonds is 4. The topological polar surface area (TPSA) is 49.3 Å². The summed E-state index contributed by atoms with van der Waals surface area (Å²) in [6, 6.07) is 8.02.